The van der Waals surface area contributed by atoms with Crippen molar-refractivity contribution < 1.29 is 0 Å². The Hall–Kier alpha value is -0.410. The van der Waals surface area contributed by atoms with Crippen molar-refractivity contribution in [2.45, 2.75) is 20.8 Å². The molecule has 0 bridgehead atoms. The Balaban J connectivity index is 3.88. The van der Waals surface area contributed by atoms with Gasteiger partial charge >= 0.3 is 0 Å². The predicted octanol–water partition coefficient (Wildman–Crippen LogP) is 2.79. The molecule has 50 valence electrons. The van der Waals surface area contributed by atoms with Gasteiger partial charge in [-0.05, 0) is 26.8 Å². The highest BCUT2D eigenvalue weighted by Gasteiger charge is 2.01. The number of halogens is 1. The predicted molar refractivity (Wildman–Crippen MR) is 42.2 cm³/mol. The maximum atomic E-state index is 5.25. The fourth-order valence-corrected chi connectivity index (χ4v) is 0.353. The highest BCUT2D eigenvalue weighted by Crippen LogP contribution is 2.09. The lowest BCUT2D eigenvalue weighted by Crippen LogP contribution is -1.98. The summed E-state index contributed by atoms with van der Waals surface area (Å²) in [5, 5.41) is 0. The van der Waals surface area contributed by atoms with Gasteiger partial charge in [0.25, 0.3) is 0 Å². The van der Waals surface area contributed by atoms with Gasteiger partial charge < -0.3 is 0 Å². The Bertz CT molecular complexity index is 150. The fraction of sp³-hybridized carbons (Fsp3) is 0.500. The molecule has 9 heavy (non-hydrogen) atoms. The molecule has 0 nitrogen and oxygen atoms in total. The maximum Gasteiger partial charge on any atom is 0.0233 e. The Kier molecular flexibility index (Phi) is 3.42. The molecule has 0 spiro atoms. The third-order valence-corrected chi connectivity index (χ3v) is 0.719. The van der Waals surface area contributed by atoms with Crippen LogP contribution in [-0.4, -0.2) is 0 Å². The summed E-state index contributed by atoms with van der Waals surface area (Å²) in [6.45, 7) is 6.17. The van der Waals surface area contributed by atoms with Crippen LogP contribution in [0.5, 0.6) is 0 Å². The summed E-state index contributed by atoms with van der Waals surface area (Å²) >= 11 is 5.25. The van der Waals surface area contributed by atoms with Gasteiger partial charge in [-0.2, -0.15) is 0 Å². The molecule has 0 saturated carbocycles. The van der Waals surface area contributed by atoms with Crippen LogP contribution >= 0.6 is 11.6 Å². The molecule has 0 aromatic carbocycles. The molecule has 0 aromatic heterocycles. The van der Waals surface area contributed by atoms with E-state index in [-0.39, 0.29) is 5.41 Å². The van der Waals surface area contributed by atoms with Crippen LogP contribution in [-0.2, 0) is 0 Å². The van der Waals surface area contributed by atoms with Gasteiger partial charge in [0.1, 0.15) is 0 Å². The molecule has 0 aliphatic rings. The summed E-state index contributed by atoms with van der Waals surface area (Å²) in [4.78, 5) is 0. The van der Waals surface area contributed by atoms with Crippen LogP contribution < -0.4 is 0 Å². The second-order valence-corrected chi connectivity index (χ2v) is 3.06. The number of hydrogen-bond donors (Lipinski definition) is 0. The fourth-order valence-electron chi connectivity index (χ4n) is 0.290. The molecule has 0 heterocycles. The van der Waals surface area contributed by atoms with Crippen LogP contribution in [0, 0.1) is 17.3 Å². The van der Waals surface area contributed by atoms with E-state index in [1.54, 1.807) is 6.08 Å². The Morgan fingerprint density at radius 2 is 1.89 bits per heavy atom. The average molecular weight is 143 g/mol. The molecule has 0 aliphatic carbocycles. The van der Waals surface area contributed by atoms with Crippen molar-refractivity contribution in [3.8, 4) is 11.8 Å². The second kappa shape index (κ2) is 3.58. The molecule has 0 aromatic rings. The van der Waals surface area contributed by atoms with E-state index < -0.39 is 0 Å². The lowest BCUT2D eigenvalue weighted by Gasteiger charge is -2.05. The lowest BCUT2D eigenvalue weighted by atomic mass is 9.98. The minimum atomic E-state index is 0.0798. The molecular weight excluding hydrogens is 132 g/mol. The van der Waals surface area contributed by atoms with Crippen molar-refractivity contribution in [1.82, 2.24) is 0 Å². The third-order valence-electron chi connectivity index (χ3n) is 0.593. The number of allylic oxidation sites excluding steroid dienone is 1. The first-order valence-corrected chi connectivity index (χ1v) is 3.28. The largest absolute Gasteiger partial charge is 0.0926 e. The van der Waals surface area contributed by atoms with Gasteiger partial charge in [-0.1, -0.05) is 23.4 Å². The van der Waals surface area contributed by atoms with Gasteiger partial charge in [0.15, 0.2) is 0 Å². The molecule has 0 radical (unpaired) electrons. The normalized spacial score (nSPS) is 11.1. The van der Waals surface area contributed by atoms with E-state index in [1.165, 1.54) is 5.54 Å². The van der Waals surface area contributed by atoms with E-state index in [1.807, 2.05) is 0 Å². The summed E-state index contributed by atoms with van der Waals surface area (Å²) < 4.78 is 0. The highest BCUT2D eigenvalue weighted by molar-refractivity contribution is 6.25. The Morgan fingerprint density at radius 1 is 1.33 bits per heavy atom. The molecule has 0 saturated heterocycles. The van der Waals surface area contributed by atoms with Crippen LogP contribution in [0.25, 0.3) is 0 Å². The molecule has 0 amide bonds. The minimum absolute atomic E-state index is 0.0798. The van der Waals surface area contributed by atoms with Crippen LogP contribution in [0.3, 0.4) is 0 Å². The van der Waals surface area contributed by atoms with Crippen molar-refractivity contribution in [2.75, 3.05) is 0 Å². The first-order valence-electron chi connectivity index (χ1n) is 2.84. The SMILES string of the molecule is CC(C)(C)C#C/C=C/Cl. The van der Waals surface area contributed by atoms with Gasteiger partial charge in [0.05, 0.1) is 0 Å². The van der Waals surface area contributed by atoms with E-state index in [2.05, 4.69) is 32.6 Å². The quantitative estimate of drug-likeness (QED) is 0.457. The first-order chi connectivity index (χ1) is 4.06. The molecular formula is C8H11Cl. The monoisotopic (exact) mass is 142 g/mol. The zero-order valence-electron chi connectivity index (χ0n) is 6.03. The summed E-state index contributed by atoms with van der Waals surface area (Å²) in [6, 6.07) is 0. The van der Waals surface area contributed by atoms with Crippen molar-refractivity contribution in [3.63, 3.8) is 0 Å². The third kappa shape index (κ3) is 7.59. The van der Waals surface area contributed by atoms with E-state index in [0.717, 1.165) is 0 Å². The average Bonchev–Trinajstić information content (AvgIpc) is 1.63. The van der Waals surface area contributed by atoms with Crippen LogP contribution in [0.1, 0.15) is 20.8 Å². The van der Waals surface area contributed by atoms with Crippen LogP contribution in [0.2, 0.25) is 0 Å². The van der Waals surface area contributed by atoms with E-state index >= 15 is 0 Å². The topological polar surface area (TPSA) is 0 Å². The molecule has 0 rings (SSSR count). The smallest absolute Gasteiger partial charge is 0.0233 e. The van der Waals surface area contributed by atoms with Gasteiger partial charge in [-0.25, -0.2) is 0 Å². The van der Waals surface area contributed by atoms with Gasteiger partial charge in [-0.3, -0.25) is 0 Å². The van der Waals surface area contributed by atoms with Gasteiger partial charge in [0.2, 0.25) is 0 Å². The lowest BCUT2D eigenvalue weighted by molar-refractivity contribution is 0.571. The second-order valence-electron chi connectivity index (χ2n) is 2.81. The molecule has 1 heteroatoms. The first kappa shape index (κ1) is 8.59. The summed E-state index contributed by atoms with van der Waals surface area (Å²) in [7, 11) is 0. The minimum Gasteiger partial charge on any atom is -0.0926 e. The summed E-state index contributed by atoms with van der Waals surface area (Å²) in [5.41, 5.74) is 1.50. The standard InChI is InChI=1S/C8H11Cl/c1-8(2,3)6-4-5-7-9/h5,7H,1-3H3/b7-5+. The number of hydrogen-bond acceptors (Lipinski definition) is 0. The number of rotatable bonds is 0. The summed E-state index contributed by atoms with van der Waals surface area (Å²) in [6.07, 6.45) is 1.63. The molecule has 0 unspecified atom stereocenters. The zero-order valence-corrected chi connectivity index (χ0v) is 6.79. The van der Waals surface area contributed by atoms with E-state index in [9.17, 15) is 0 Å². The molecule has 0 N–H and O–H groups in total. The van der Waals surface area contributed by atoms with Crippen molar-refractivity contribution in [2.24, 2.45) is 5.41 Å². The van der Waals surface area contributed by atoms with Crippen molar-refractivity contribution >= 4 is 11.6 Å². The van der Waals surface area contributed by atoms with E-state index in [4.69, 9.17) is 11.6 Å². The Labute approximate surface area is 61.9 Å². The molecule has 0 aliphatic heterocycles. The Morgan fingerprint density at radius 3 is 2.22 bits per heavy atom. The maximum absolute atomic E-state index is 5.25. The van der Waals surface area contributed by atoms with Crippen LogP contribution in [0.15, 0.2) is 11.6 Å². The van der Waals surface area contributed by atoms with Crippen LogP contribution in [0.4, 0.5) is 0 Å². The van der Waals surface area contributed by atoms with Crippen molar-refractivity contribution in [3.05, 3.63) is 11.6 Å². The van der Waals surface area contributed by atoms with Gasteiger partial charge in [0, 0.05) is 11.0 Å². The summed E-state index contributed by atoms with van der Waals surface area (Å²) in [5.74, 6) is 5.81. The zero-order chi connectivity index (χ0) is 7.33. The van der Waals surface area contributed by atoms with Gasteiger partial charge in [-0.15, -0.1) is 0 Å². The van der Waals surface area contributed by atoms with Crippen molar-refractivity contribution in [1.29, 1.82) is 0 Å². The molecule has 0 fully saturated rings. The highest BCUT2D eigenvalue weighted by atomic mass is 35.5. The van der Waals surface area contributed by atoms with E-state index in [0.29, 0.717) is 0 Å². The molecule has 0 atom stereocenters.